The van der Waals surface area contributed by atoms with Crippen LogP contribution in [0.3, 0.4) is 0 Å². The summed E-state index contributed by atoms with van der Waals surface area (Å²) in [7, 11) is 0. The lowest BCUT2D eigenvalue weighted by Gasteiger charge is -2.23. The van der Waals surface area contributed by atoms with Crippen molar-refractivity contribution in [2.75, 3.05) is 0 Å². The predicted octanol–water partition coefficient (Wildman–Crippen LogP) is 4.28. The third-order valence-corrected chi connectivity index (χ3v) is 3.78. The van der Waals surface area contributed by atoms with Gasteiger partial charge in [0.15, 0.2) is 0 Å². The third-order valence-electron chi connectivity index (χ3n) is 3.25. The van der Waals surface area contributed by atoms with Crippen molar-refractivity contribution in [2.45, 2.75) is 38.0 Å². The van der Waals surface area contributed by atoms with E-state index in [2.05, 4.69) is 47.1 Å². The van der Waals surface area contributed by atoms with Crippen molar-refractivity contribution >= 4 is 15.9 Å². The lowest BCUT2D eigenvalue weighted by molar-refractivity contribution is 0.491. The molecule has 0 unspecified atom stereocenters. The fraction of sp³-hybridized carbons (Fsp3) is 0.500. The minimum absolute atomic E-state index is 0.459. The van der Waals surface area contributed by atoms with Crippen LogP contribution in [0, 0.1) is 0 Å². The fourth-order valence-corrected chi connectivity index (χ4v) is 2.56. The van der Waals surface area contributed by atoms with Crippen molar-refractivity contribution < 1.29 is 0 Å². The van der Waals surface area contributed by atoms with Gasteiger partial charge in [-0.15, -0.1) is 0 Å². The van der Waals surface area contributed by atoms with Gasteiger partial charge in [0.2, 0.25) is 0 Å². The minimum Gasteiger partial charge on any atom is -0.0574 e. The summed E-state index contributed by atoms with van der Waals surface area (Å²) in [6, 6.07) is 8.82. The van der Waals surface area contributed by atoms with E-state index < -0.39 is 0 Å². The molecule has 0 bridgehead atoms. The van der Waals surface area contributed by atoms with Crippen LogP contribution in [0.5, 0.6) is 0 Å². The molecule has 0 aliphatic heterocycles. The standard InChI is InChI=1S/C12H15Br/c1-12(8-2-3-9-12)10-4-6-11(13)7-5-10/h4-7H,2-3,8-9H2,1H3. The van der Waals surface area contributed by atoms with Crippen LogP contribution >= 0.6 is 15.9 Å². The molecule has 1 aromatic carbocycles. The molecule has 0 heterocycles. The number of halogens is 1. The van der Waals surface area contributed by atoms with E-state index in [4.69, 9.17) is 0 Å². The van der Waals surface area contributed by atoms with Gasteiger partial charge in [-0.05, 0) is 36.0 Å². The second-order valence-corrected chi connectivity index (χ2v) is 5.19. The SMILES string of the molecule is CC1(c2ccc(Br)cc2)CCCC1. The van der Waals surface area contributed by atoms with Gasteiger partial charge in [0.25, 0.3) is 0 Å². The lowest BCUT2D eigenvalue weighted by Crippen LogP contribution is -2.16. The van der Waals surface area contributed by atoms with Crippen molar-refractivity contribution in [1.29, 1.82) is 0 Å². The van der Waals surface area contributed by atoms with E-state index in [0.717, 1.165) is 0 Å². The van der Waals surface area contributed by atoms with Crippen molar-refractivity contribution in [3.8, 4) is 0 Å². The lowest BCUT2D eigenvalue weighted by atomic mass is 9.81. The van der Waals surface area contributed by atoms with Gasteiger partial charge in [-0.25, -0.2) is 0 Å². The number of rotatable bonds is 1. The molecule has 0 radical (unpaired) electrons. The molecule has 1 heteroatoms. The number of benzene rings is 1. The minimum atomic E-state index is 0.459. The van der Waals surface area contributed by atoms with Gasteiger partial charge in [-0.1, -0.05) is 47.8 Å². The topological polar surface area (TPSA) is 0 Å². The van der Waals surface area contributed by atoms with Crippen molar-refractivity contribution in [2.24, 2.45) is 0 Å². The molecule has 1 aromatic rings. The third kappa shape index (κ3) is 1.80. The van der Waals surface area contributed by atoms with Crippen molar-refractivity contribution in [3.63, 3.8) is 0 Å². The highest BCUT2D eigenvalue weighted by molar-refractivity contribution is 9.10. The van der Waals surface area contributed by atoms with E-state index >= 15 is 0 Å². The monoisotopic (exact) mass is 238 g/mol. The molecule has 1 fully saturated rings. The molecule has 0 nitrogen and oxygen atoms in total. The summed E-state index contributed by atoms with van der Waals surface area (Å²) in [5.41, 5.74) is 1.97. The molecular weight excluding hydrogens is 224 g/mol. The van der Waals surface area contributed by atoms with E-state index in [-0.39, 0.29) is 0 Å². The van der Waals surface area contributed by atoms with E-state index in [1.54, 1.807) is 0 Å². The smallest absolute Gasteiger partial charge is 0.0175 e. The molecule has 2 rings (SSSR count). The van der Waals surface area contributed by atoms with Crippen molar-refractivity contribution in [3.05, 3.63) is 34.3 Å². The van der Waals surface area contributed by atoms with Gasteiger partial charge in [0.1, 0.15) is 0 Å². The van der Waals surface area contributed by atoms with Crippen LogP contribution in [0.2, 0.25) is 0 Å². The Labute approximate surface area is 88.5 Å². The Morgan fingerprint density at radius 2 is 1.62 bits per heavy atom. The first kappa shape index (κ1) is 9.26. The molecule has 1 saturated carbocycles. The van der Waals surface area contributed by atoms with E-state index in [9.17, 15) is 0 Å². The fourth-order valence-electron chi connectivity index (χ4n) is 2.30. The summed E-state index contributed by atoms with van der Waals surface area (Å²) < 4.78 is 1.18. The molecule has 13 heavy (non-hydrogen) atoms. The zero-order valence-corrected chi connectivity index (χ0v) is 9.60. The maximum absolute atomic E-state index is 3.47. The summed E-state index contributed by atoms with van der Waals surface area (Å²) in [6.45, 7) is 2.39. The first-order chi connectivity index (χ1) is 6.21. The van der Waals surface area contributed by atoms with Gasteiger partial charge in [0.05, 0.1) is 0 Å². The average Bonchev–Trinajstić information content (AvgIpc) is 2.54. The Bertz CT molecular complexity index is 280. The second-order valence-electron chi connectivity index (χ2n) is 4.27. The van der Waals surface area contributed by atoms with E-state index in [1.165, 1.54) is 35.7 Å². The number of hydrogen-bond donors (Lipinski definition) is 0. The number of hydrogen-bond acceptors (Lipinski definition) is 0. The molecule has 0 aromatic heterocycles. The van der Waals surface area contributed by atoms with Crippen LogP contribution in [0.4, 0.5) is 0 Å². The van der Waals surface area contributed by atoms with Crippen LogP contribution < -0.4 is 0 Å². The molecule has 0 N–H and O–H groups in total. The molecule has 1 aliphatic carbocycles. The largest absolute Gasteiger partial charge is 0.0574 e. The summed E-state index contributed by atoms with van der Waals surface area (Å²) in [5.74, 6) is 0. The van der Waals surface area contributed by atoms with Gasteiger partial charge in [-0.3, -0.25) is 0 Å². The Balaban J connectivity index is 2.29. The summed E-state index contributed by atoms with van der Waals surface area (Å²) >= 11 is 3.47. The zero-order chi connectivity index (χ0) is 9.31. The average molecular weight is 239 g/mol. The Kier molecular flexibility index (Phi) is 2.46. The van der Waals surface area contributed by atoms with Crippen LogP contribution in [0.1, 0.15) is 38.2 Å². The first-order valence-corrected chi connectivity index (χ1v) is 5.76. The summed E-state index contributed by atoms with van der Waals surface area (Å²) in [5, 5.41) is 0. The Hall–Kier alpha value is -0.300. The highest BCUT2D eigenvalue weighted by Gasteiger charge is 2.29. The van der Waals surface area contributed by atoms with Crippen molar-refractivity contribution in [1.82, 2.24) is 0 Å². The van der Waals surface area contributed by atoms with E-state index in [0.29, 0.717) is 5.41 Å². The molecule has 0 spiro atoms. The first-order valence-electron chi connectivity index (χ1n) is 4.97. The van der Waals surface area contributed by atoms with E-state index in [1.807, 2.05) is 0 Å². The normalized spacial score (nSPS) is 20.5. The van der Waals surface area contributed by atoms with Gasteiger partial charge in [-0.2, -0.15) is 0 Å². The second kappa shape index (κ2) is 3.45. The van der Waals surface area contributed by atoms with Crippen LogP contribution in [0.25, 0.3) is 0 Å². The molecule has 0 amide bonds. The summed E-state index contributed by atoms with van der Waals surface area (Å²) in [4.78, 5) is 0. The molecule has 0 atom stereocenters. The molecular formula is C12H15Br. The molecule has 70 valence electrons. The van der Waals surface area contributed by atoms with Crippen LogP contribution in [-0.4, -0.2) is 0 Å². The highest BCUT2D eigenvalue weighted by Crippen LogP contribution is 2.40. The highest BCUT2D eigenvalue weighted by atomic mass is 79.9. The van der Waals surface area contributed by atoms with Gasteiger partial charge < -0.3 is 0 Å². The van der Waals surface area contributed by atoms with Gasteiger partial charge >= 0.3 is 0 Å². The Morgan fingerprint density at radius 1 is 1.08 bits per heavy atom. The zero-order valence-electron chi connectivity index (χ0n) is 8.02. The maximum Gasteiger partial charge on any atom is 0.0175 e. The van der Waals surface area contributed by atoms with Gasteiger partial charge in [0, 0.05) is 4.47 Å². The predicted molar refractivity (Wildman–Crippen MR) is 60.0 cm³/mol. The molecule has 1 aliphatic rings. The molecule has 0 saturated heterocycles. The Morgan fingerprint density at radius 3 is 2.15 bits per heavy atom. The maximum atomic E-state index is 3.47. The van der Waals surface area contributed by atoms with Crippen LogP contribution in [-0.2, 0) is 5.41 Å². The quantitative estimate of drug-likeness (QED) is 0.686. The summed E-state index contributed by atoms with van der Waals surface area (Å²) in [6.07, 6.45) is 5.50. The van der Waals surface area contributed by atoms with Crippen LogP contribution in [0.15, 0.2) is 28.7 Å².